The molecule has 3 aromatic rings. The van der Waals surface area contributed by atoms with Gasteiger partial charge in [0.15, 0.2) is 0 Å². The summed E-state index contributed by atoms with van der Waals surface area (Å²) in [4.78, 5) is 33.2. The van der Waals surface area contributed by atoms with Gasteiger partial charge < -0.3 is 14.6 Å². The summed E-state index contributed by atoms with van der Waals surface area (Å²) in [6.45, 7) is 6.86. The molecule has 4 heterocycles. The zero-order valence-corrected chi connectivity index (χ0v) is 21.1. The van der Waals surface area contributed by atoms with Gasteiger partial charge in [-0.15, -0.1) is 0 Å². The van der Waals surface area contributed by atoms with E-state index in [0.29, 0.717) is 55.9 Å². The van der Waals surface area contributed by atoms with Crippen molar-refractivity contribution in [2.75, 3.05) is 39.4 Å². The smallest absolute Gasteiger partial charge is 0.381 e. The van der Waals surface area contributed by atoms with Crippen LogP contribution in [0.3, 0.4) is 0 Å². The quantitative estimate of drug-likeness (QED) is 0.551. The van der Waals surface area contributed by atoms with E-state index in [-0.39, 0.29) is 30.0 Å². The summed E-state index contributed by atoms with van der Waals surface area (Å²) >= 11 is 0. The third-order valence-electron chi connectivity index (χ3n) is 7.63. The fourth-order valence-electron chi connectivity index (χ4n) is 5.60. The summed E-state index contributed by atoms with van der Waals surface area (Å²) in [6, 6.07) is 3.76. The number of halogens is 3. The Balaban J connectivity index is 1.42. The Morgan fingerprint density at radius 3 is 2.65 bits per heavy atom. The molecule has 1 amide bonds. The number of aryl methyl sites for hydroxylation is 1. The van der Waals surface area contributed by atoms with Crippen molar-refractivity contribution in [3.8, 4) is 0 Å². The number of nitrogens with one attached hydrogen (secondary N) is 1. The molecule has 0 saturated carbocycles. The summed E-state index contributed by atoms with van der Waals surface area (Å²) in [6.07, 6.45) is -1.70. The molecule has 2 aliphatic heterocycles. The number of H-pyrrole nitrogens is 1. The number of carbonyl (C=O) groups excluding carboxylic acids is 1. The second-order valence-electron chi connectivity index (χ2n) is 10.2. The normalized spacial score (nSPS) is 20.2. The summed E-state index contributed by atoms with van der Waals surface area (Å²) in [7, 11) is 0. The maximum atomic E-state index is 13.6. The Bertz CT molecular complexity index is 1360. The van der Waals surface area contributed by atoms with Crippen LogP contribution in [0.1, 0.15) is 54.6 Å². The highest BCUT2D eigenvalue weighted by Crippen LogP contribution is 2.30. The molecule has 5 rings (SSSR count). The maximum absolute atomic E-state index is 13.6. The number of pyridine rings is 1. The van der Waals surface area contributed by atoms with Crippen molar-refractivity contribution >= 4 is 27.7 Å². The van der Waals surface area contributed by atoms with Crippen LogP contribution in [0.4, 0.5) is 13.2 Å². The minimum atomic E-state index is -4.15. The molecule has 2 aromatic heterocycles. The monoisotopic (exact) mass is 519 g/mol. The fraction of sp³-hybridized carbons (Fsp3) is 0.577. The van der Waals surface area contributed by atoms with Crippen LogP contribution >= 0.6 is 0 Å². The lowest BCUT2D eigenvalue weighted by atomic mass is 10.0. The van der Waals surface area contributed by atoms with Crippen molar-refractivity contribution in [2.24, 2.45) is 0 Å². The number of piperazine rings is 1. The van der Waals surface area contributed by atoms with Crippen molar-refractivity contribution < 1.29 is 22.7 Å². The van der Waals surface area contributed by atoms with Crippen LogP contribution in [0.25, 0.3) is 21.8 Å². The van der Waals surface area contributed by atoms with Gasteiger partial charge in [0.1, 0.15) is 0 Å². The summed E-state index contributed by atoms with van der Waals surface area (Å²) < 4.78 is 45.0. The van der Waals surface area contributed by atoms with Gasteiger partial charge in [-0.3, -0.25) is 19.2 Å². The van der Waals surface area contributed by atoms with E-state index in [4.69, 9.17) is 4.74 Å². The third-order valence-corrected chi connectivity index (χ3v) is 7.63. The molecule has 11 heteroatoms. The molecular formula is C26H32F3N5O3. The van der Waals surface area contributed by atoms with Gasteiger partial charge in [0.05, 0.1) is 28.7 Å². The van der Waals surface area contributed by atoms with E-state index in [2.05, 4.69) is 10.1 Å². The van der Waals surface area contributed by atoms with Crippen LogP contribution in [0.15, 0.2) is 23.1 Å². The summed E-state index contributed by atoms with van der Waals surface area (Å²) in [5.41, 5.74) is 2.48. The van der Waals surface area contributed by atoms with Crippen molar-refractivity contribution in [3.63, 3.8) is 0 Å². The van der Waals surface area contributed by atoms with Gasteiger partial charge in [0, 0.05) is 56.3 Å². The average Bonchev–Trinajstić information content (AvgIpc) is 3.30. The van der Waals surface area contributed by atoms with E-state index in [1.54, 1.807) is 11.1 Å². The predicted molar refractivity (Wildman–Crippen MR) is 134 cm³/mol. The zero-order valence-electron chi connectivity index (χ0n) is 21.1. The SMILES string of the molecule is Cc1cc2[nH]c(=O)c3cnn(C4CCOCC4)c3c2cc1C(=O)N1CCN(CCCC(F)(F)F)[C@@H](C)C1. The largest absolute Gasteiger partial charge is 0.389 e. The van der Waals surface area contributed by atoms with Crippen molar-refractivity contribution in [1.82, 2.24) is 24.6 Å². The molecule has 0 unspecified atom stereocenters. The number of nitrogens with zero attached hydrogens (tertiary/aromatic N) is 4. The number of benzene rings is 1. The highest BCUT2D eigenvalue weighted by atomic mass is 19.4. The number of fused-ring (bicyclic) bond motifs is 3. The van der Waals surface area contributed by atoms with Gasteiger partial charge in [0.2, 0.25) is 0 Å². The lowest BCUT2D eigenvalue weighted by Crippen LogP contribution is -2.53. The van der Waals surface area contributed by atoms with Gasteiger partial charge in [0.25, 0.3) is 11.5 Å². The molecule has 2 fully saturated rings. The topological polar surface area (TPSA) is 83.5 Å². The molecule has 1 atom stereocenters. The van der Waals surface area contributed by atoms with Crippen LogP contribution < -0.4 is 5.56 Å². The van der Waals surface area contributed by atoms with Crippen LogP contribution in [0.2, 0.25) is 0 Å². The van der Waals surface area contributed by atoms with E-state index in [9.17, 15) is 22.8 Å². The van der Waals surface area contributed by atoms with Gasteiger partial charge in [-0.1, -0.05) is 0 Å². The molecule has 2 saturated heterocycles. The number of alkyl halides is 3. The fourth-order valence-corrected chi connectivity index (χ4v) is 5.60. The first-order valence-corrected chi connectivity index (χ1v) is 12.8. The molecule has 1 N–H and O–H groups in total. The Labute approximate surface area is 212 Å². The van der Waals surface area contributed by atoms with Crippen LogP contribution in [0.5, 0.6) is 0 Å². The Hall–Kier alpha value is -2.92. The van der Waals surface area contributed by atoms with Gasteiger partial charge in [-0.25, -0.2) is 0 Å². The molecule has 0 radical (unpaired) electrons. The number of amides is 1. The number of rotatable bonds is 5. The average molecular weight is 520 g/mol. The van der Waals surface area contributed by atoms with Crippen molar-refractivity contribution in [3.05, 3.63) is 39.8 Å². The number of carbonyl (C=O) groups is 1. The van der Waals surface area contributed by atoms with Gasteiger partial charge in [-0.2, -0.15) is 18.3 Å². The minimum absolute atomic E-state index is 0.0373. The third kappa shape index (κ3) is 5.24. The van der Waals surface area contributed by atoms with Crippen LogP contribution in [0, 0.1) is 6.92 Å². The first-order valence-electron chi connectivity index (χ1n) is 12.8. The van der Waals surface area contributed by atoms with E-state index in [1.165, 1.54) is 0 Å². The molecule has 200 valence electrons. The predicted octanol–water partition coefficient (Wildman–Crippen LogP) is 4.03. The summed E-state index contributed by atoms with van der Waals surface area (Å²) in [5, 5.41) is 5.80. The Morgan fingerprint density at radius 1 is 1.19 bits per heavy atom. The van der Waals surface area contributed by atoms with Crippen LogP contribution in [-0.4, -0.2) is 82.1 Å². The standard InChI is InChI=1S/C26H32F3N5O3/c1-16-12-22-20(23-21(24(35)31-22)14-30-34(23)18-4-10-37-11-5-18)13-19(16)25(36)33-9-8-32(17(2)15-33)7-3-6-26(27,28)29/h12-14,17-18H,3-11,15H2,1-2H3,(H,31,35)/t17-/m0/s1. The first-order chi connectivity index (χ1) is 17.6. The minimum Gasteiger partial charge on any atom is -0.381 e. The Kier molecular flexibility index (Phi) is 7.01. The number of hydrogen-bond donors (Lipinski definition) is 1. The number of aromatic amines is 1. The second kappa shape index (κ2) is 10.1. The summed E-state index contributed by atoms with van der Waals surface area (Å²) in [5.74, 6) is -0.113. The molecule has 37 heavy (non-hydrogen) atoms. The lowest BCUT2D eigenvalue weighted by Gasteiger charge is -2.40. The highest BCUT2D eigenvalue weighted by Gasteiger charge is 2.31. The second-order valence-corrected chi connectivity index (χ2v) is 10.2. The molecule has 1 aromatic carbocycles. The van der Waals surface area contributed by atoms with E-state index in [0.717, 1.165) is 29.3 Å². The zero-order chi connectivity index (χ0) is 26.3. The molecular weight excluding hydrogens is 487 g/mol. The van der Waals surface area contributed by atoms with E-state index >= 15 is 0 Å². The van der Waals surface area contributed by atoms with E-state index < -0.39 is 12.6 Å². The molecule has 0 aliphatic carbocycles. The lowest BCUT2D eigenvalue weighted by molar-refractivity contribution is -0.136. The number of aromatic nitrogens is 3. The number of hydrogen-bond acceptors (Lipinski definition) is 5. The first kappa shape index (κ1) is 25.7. The highest BCUT2D eigenvalue weighted by molar-refractivity contribution is 6.07. The van der Waals surface area contributed by atoms with Gasteiger partial charge >= 0.3 is 6.18 Å². The van der Waals surface area contributed by atoms with E-state index in [1.807, 2.05) is 35.6 Å². The maximum Gasteiger partial charge on any atom is 0.389 e. The molecule has 0 spiro atoms. The van der Waals surface area contributed by atoms with Crippen LogP contribution in [-0.2, 0) is 4.74 Å². The van der Waals surface area contributed by atoms with Crippen molar-refractivity contribution in [2.45, 2.75) is 57.8 Å². The molecule has 2 aliphatic rings. The Morgan fingerprint density at radius 2 is 1.95 bits per heavy atom. The molecule has 8 nitrogen and oxygen atoms in total. The van der Waals surface area contributed by atoms with Gasteiger partial charge in [-0.05, 0) is 57.4 Å². The van der Waals surface area contributed by atoms with Crippen molar-refractivity contribution in [1.29, 1.82) is 0 Å². The molecule has 0 bridgehead atoms. The number of ether oxygens (including phenoxy) is 1.